The first-order chi connectivity index (χ1) is 14.6. The standard InChI is InChI=1S/C21H18F3N5O2/c1-20(18-17(31-19(26)29-20)4-5-21(18,23)24)13-6-11(2-3-14(13)22)7-16(30)15-10-27-12(8-25)9-28-15/h2-3,6,9-10,17-18H,4-5,7H2,1H3,(H2,26,29)/t17-,18+,20-/m1/s1. The largest absolute Gasteiger partial charge is 0.461 e. The van der Waals surface area contributed by atoms with Crippen LogP contribution in [0.1, 0.15) is 47.1 Å². The van der Waals surface area contributed by atoms with Crippen molar-refractivity contribution in [2.24, 2.45) is 16.6 Å². The van der Waals surface area contributed by atoms with Crippen LogP contribution in [0.2, 0.25) is 0 Å². The average molecular weight is 429 g/mol. The molecule has 1 aromatic heterocycles. The molecule has 0 bridgehead atoms. The number of aliphatic imine (C=N–C) groups is 1. The van der Waals surface area contributed by atoms with Crippen molar-refractivity contribution in [3.8, 4) is 6.07 Å². The Morgan fingerprint density at radius 3 is 2.81 bits per heavy atom. The van der Waals surface area contributed by atoms with Gasteiger partial charge in [0.1, 0.15) is 29.2 Å². The Labute approximate surface area is 175 Å². The second-order valence-corrected chi connectivity index (χ2v) is 7.84. The lowest BCUT2D eigenvalue weighted by Gasteiger charge is -2.41. The van der Waals surface area contributed by atoms with Crippen molar-refractivity contribution in [1.82, 2.24) is 9.97 Å². The van der Waals surface area contributed by atoms with E-state index in [9.17, 15) is 18.0 Å². The summed E-state index contributed by atoms with van der Waals surface area (Å²) in [6, 6.07) is 5.41. The van der Waals surface area contributed by atoms with Gasteiger partial charge in [-0.15, -0.1) is 0 Å². The van der Waals surface area contributed by atoms with E-state index >= 15 is 0 Å². The number of hydrogen-bond donors (Lipinski definition) is 1. The van der Waals surface area contributed by atoms with Crippen LogP contribution in [0, 0.1) is 23.1 Å². The van der Waals surface area contributed by atoms with E-state index in [1.54, 1.807) is 6.07 Å². The number of nitriles is 1. The number of nitrogens with zero attached hydrogens (tertiary/aromatic N) is 4. The van der Waals surface area contributed by atoms with Crippen LogP contribution in [-0.4, -0.2) is 33.8 Å². The summed E-state index contributed by atoms with van der Waals surface area (Å²) in [4.78, 5) is 24.3. The van der Waals surface area contributed by atoms with E-state index in [2.05, 4.69) is 15.0 Å². The number of ketones is 1. The summed E-state index contributed by atoms with van der Waals surface area (Å²) >= 11 is 0. The molecule has 160 valence electrons. The van der Waals surface area contributed by atoms with E-state index in [0.717, 1.165) is 6.07 Å². The molecular weight excluding hydrogens is 411 g/mol. The van der Waals surface area contributed by atoms with Crippen LogP contribution in [0.25, 0.3) is 0 Å². The van der Waals surface area contributed by atoms with Crippen LogP contribution in [0.15, 0.2) is 35.6 Å². The topological polar surface area (TPSA) is 114 Å². The van der Waals surface area contributed by atoms with Crippen LogP contribution in [-0.2, 0) is 16.7 Å². The summed E-state index contributed by atoms with van der Waals surface area (Å²) in [5, 5.41) is 8.77. The maximum atomic E-state index is 14.8. The molecule has 1 aliphatic carbocycles. The molecule has 0 spiro atoms. The molecule has 1 saturated carbocycles. The van der Waals surface area contributed by atoms with E-state index in [4.69, 9.17) is 15.7 Å². The van der Waals surface area contributed by atoms with Crippen molar-refractivity contribution in [3.63, 3.8) is 0 Å². The van der Waals surface area contributed by atoms with Crippen LogP contribution in [0.5, 0.6) is 0 Å². The Hall–Kier alpha value is -3.48. The third kappa shape index (κ3) is 3.60. The molecule has 0 unspecified atom stereocenters. The molecule has 10 heteroatoms. The molecule has 1 aromatic carbocycles. The van der Waals surface area contributed by atoms with Crippen molar-refractivity contribution < 1.29 is 22.7 Å². The van der Waals surface area contributed by atoms with Gasteiger partial charge >= 0.3 is 0 Å². The van der Waals surface area contributed by atoms with E-state index in [1.807, 2.05) is 0 Å². The number of carbonyl (C=O) groups is 1. The fourth-order valence-electron chi connectivity index (χ4n) is 4.41. The first-order valence-corrected chi connectivity index (χ1v) is 9.58. The second kappa shape index (κ2) is 7.34. The third-order valence-electron chi connectivity index (χ3n) is 5.80. The van der Waals surface area contributed by atoms with Crippen LogP contribution in [0.4, 0.5) is 13.2 Å². The number of amidine groups is 1. The zero-order valence-electron chi connectivity index (χ0n) is 16.5. The number of nitrogens with two attached hydrogens (primary N) is 1. The maximum Gasteiger partial charge on any atom is 0.283 e. The summed E-state index contributed by atoms with van der Waals surface area (Å²) in [6.07, 6.45) is 0.991. The molecule has 2 N–H and O–H groups in total. The third-order valence-corrected chi connectivity index (χ3v) is 5.80. The first-order valence-electron chi connectivity index (χ1n) is 9.58. The van der Waals surface area contributed by atoms with Crippen LogP contribution in [0.3, 0.4) is 0 Å². The number of benzene rings is 1. The Balaban J connectivity index is 1.69. The highest BCUT2D eigenvalue weighted by Gasteiger charge is 2.62. The lowest BCUT2D eigenvalue weighted by molar-refractivity contribution is -0.0961. The van der Waals surface area contributed by atoms with Crippen LogP contribution >= 0.6 is 0 Å². The zero-order valence-corrected chi connectivity index (χ0v) is 16.5. The van der Waals surface area contributed by atoms with Gasteiger partial charge in [-0.05, 0) is 31.0 Å². The second-order valence-electron chi connectivity index (χ2n) is 7.84. The van der Waals surface area contributed by atoms with Gasteiger partial charge in [0.2, 0.25) is 0 Å². The highest BCUT2D eigenvalue weighted by molar-refractivity contribution is 5.95. The van der Waals surface area contributed by atoms with Gasteiger partial charge in [-0.1, -0.05) is 6.07 Å². The molecule has 31 heavy (non-hydrogen) atoms. The van der Waals surface area contributed by atoms with Crippen molar-refractivity contribution >= 4 is 11.8 Å². The Morgan fingerprint density at radius 1 is 1.35 bits per heavy atom. The molecule has 2 aromatic rings. The minimum atomic E-state index is -3.11. The van der Waals surface area contributed by atoms with Gasteiger partial charge in [0.15, 0.2) is 11.5 Å². The monoisotopic (exact) mass is 429 g/mol. The van der Waals surface area contributed by atoms with Crippen LogP contribution < -0.4 is 5.73 Å². The fourth-order valence-corrected chi connectivity index (χ4v) is 4.41. The van der Waals surface area contributed by atoms with E-state index in [0.29, 0.717) is 5.56 Å². The zero-order chi connectivity index (χ0) is 22.4. The molecule has 1 fully saturated rings. The molecule has 2 heterocycles. The summed E-state index contributed by atoms with van der Waals surface area (Å²) in [7, 11) is 0. The molecule has 0 radical (unpaired) electrons. The van der Waals surface area contributed by atoms with Crippen molar-refractivity contribution in [1.29, 1.82) is 5.26 Å². The highest BCUT2D eigenvalue weighted by Crippen LogP contribution is 2.54. The number of ether oxygens (including phenoxy) is 1. The lowest BCUT2D eigenvalue weighted by atomic mass is 9.75. The number of carbonyl (C=O) groups excluding carboxylic acids is 1. The summed E-state index contributed by atoms with van der Waals surface area (Å²) in [5.41, 5.74) is 4.48. The first kappa shape index (κ1) is 20.8. The Bertz CT molecular complexity index is 1110. The molecule has 4 rings (SSSR count). The van der Waals surface area contributed by atoms with Crippen molar-refractivity contribution in [2.75, 3.05) is 0 Å². The van der Waals surface area contributed by atoms with Gasteiger partial charge < -0.3 is 10.5 Å². The molecular formula is C21H18F3N5O2. The number of rotatable bonds is 4. The van der Waals surface area contributed by atoms with Gasteiger partial charge in [-0.3, -0.25) is 4.79 Å². The maximum absolute atomic E-state index is 14.8. The van der Waals surface area contributed by atoms with Crippen molar-refractivity contribution in [3.05, 3.63) is 58.9 Å². The fraction of sp³-hybridized carbons (Fsp3) is 0.381. The lowest BCUT2D eigenvalue weighted by Crippen LogP contribution is -2.51. The summed E-state index contributed by atoms with van der Waals surface area (Å²) < 4.78 is 49.6. The number of fused-ring (bicyclic) bond motifs is 1. The van der Waals surface area contributed by atoms with Crippen molar-refractivity contribution in [2.45, 2.75) is 43.8 Å². The van der Waals surface area contributed by atoms with E-state index in [1.165, 1.54) is 31.5 Å². The smallest absolute Gasteiger partial charge is 0.283 e. The normalized spacial score (nSPS) is 26.4. The molecule has 0 saturated heterocycles. The SMILES string of the molecule is C[C@]1(c2cc(CC(=O)c3cnc(C#N)cn3)ccc2F)N=C(N)O[C@@H]2CCC(F)(F)[C@@H]21. The van der Waals surface area contributed by atoms with Gasteiger partial charge in [0.25, 0.3) is 11.9 Å². The summed E-state index contributed by atoms with van der Waals surface area (Å²) in [5.74, 6) is -5.65. The Kier molecular flexibility index (Phi) is 4.92. The average Bonchev–Trinajstić information content (AvgIpc) is 3.04. The number of Topliss-reactive ketones (excluding diaryl/α,β-unsaturated/α-hetero) is 1. The van der Waals surface area contributed by atoms with Gasteiger partial charge in [0.05, 0.1) is 18.3 Å². The number of hydrogen-bond acceptors (Lipinski definition) is 7. The molecule has 2 aliphatic rings. The predicted molar refractivity (Wildman–Crippen MR) is 103 cm³/mol. The van der Waals surface area contributed by atoms with Gasteiger partial charge in [-0.25, -0.2) is 28.1 Å². The molecule has 1 aliphatic heterocycles. The quantitative estimate of drug-likeness (QED) is 0.748. The molecule has 7 nitrogen and oxygen atoms in total. The van der Waals surface area contributed by atoms with E-state index in [-0.39, 0.29) is 35.8 Å². The minimum absolute atomic E-state index is 0.0341. The predicted octanol–water partition coefficient (Wildman–Crippen LogP) is 2.89. The molecule has 0 amide bonds. The molecule has 3 atom stereocenters. The minimum Gasteiger partial charge on any atom is -0.461 e. The van der Waals surface area contributed by atoms with Gasteiger partial charge in [-0.2, -0.15) is 5.26 Å². The van der Waals surface area contributed by atoms with E-state index < -0.39 is 41.5 Å². The Morgan fingerprint density at radius 2 is 2.13 bits per heavy atom. The number of aromatic nitrogens is 2. The van der Waals surface area contributed by atoms with Gasteiger partial charge in [0, 0.05) is 18.4 Å². The number of halogens is 3. The summed E-state index contributed by atoms with van der Waals surface area (Å²) in [6.45, 7) is 1.41. The number of alkyl halides is 2. The highest BCUT2D eigenvalue weighted by atomic mass is 19.3.